The third-order valence-electron chi connectivity index (χ3n) is 2.25. The average molecular weight is 222 g/mol. The van der Waals surface area contributed by atoms with Crippen LogP contribution in [0, 0.1) is 5.92 Å². The number of rotatable bonds is 7. The maximum Gasteiger partial charge on any atom is 0.170 e. The van der Waals surface area contributed by atoms with E-state index < -0.39 is 17.6 Å². The molecule has 0 heterocycles. The second-order valence-corrected chi connectivity index (χ2v) is 4.36. The first kappa shape index (κ1) is 12.1. The maximum atomic E-state index is 10.8. The smallest absolute Gasteiger partial charge is 0.170 e. The zero-order valence-electron chi connectivity index (χ0n) is 8.47. The van der Waals surface area contributed by atoms with Gasteiger partial charge < -0.3 is 14.0 Å². The van der Waals surface area contributed by atoms with Crippen molar-refractivity contribution < 1.29 is 18.2 Å². The Hall–Kier alpha value is -0.0100. The van der Waals surface area contributed by atoms with Crippen molar-refractivity contribution in [2.75, 3.05) is 27.3 Å². The predicted molar refractivity (Wildman–Crippen MR) is 51.0 cm³/mol. The van der Waals surface area contributed by atoms with Gasteiger partial charge in [0.1, 0.15) is 0 Å². The molecular weight excluding hydrogens is 206 g/mol. The van der Waals surface area contributed by atoms with E-state index in [1.54, 1.807) is 0 Å². The molecule has 0 radical (unpaired) electrons. The Morgan fingerprint density at radius 3 is 2.43 bits per heavy atom. The van der Waals surface area contributed by atoms with Crippen molar-refractivity contribution in [3.63, 3.8) is 0 Å². The fraction of sp³-hybridized carbons (Fsp3) is 1.00. The van der Waals surface area contributed by atoms with Crippen molar-refractivity contribution in [1.82, 2.24) is 4.31 Å². The van der Waals surface area contributed by atoms with Gasteiger partial charge in [-0.1, -0.05) is 0 Å². The Bertz CT molecular complexity index is 194. The molecule has 0 bridgehead atoms. The van der Waals surface area contributed by atoms with Crippen molar-refractivity contribution in [3.05, 3.63) is 0 Å². The Morgan fingerprint density at radius 2 is 2.07 bits per heavy atom. The Labute approximate surface area is 86.8 Å². The van der Waals surface area contributed by atoms with E-state index in [-0.39, 0.29) is 6.54 Å². The van der Waals surface area contributed by atoms with Gasteiger partial charge in [-0.3, -0.25) is 4.21 Å². The van der Waals surface area contributed by atoms with Crippen LogP contribution < -0.4 is 0 Å². The molecule has 1 aliphatic rings. The molecule has 0 aliphatic heterocycles. The molecule has 1 fully saturated rings. The van der Waals surface area contributed by atoms with Crippen LogP contribution in [0.1, 0.15) is 12.8 Å². The fourth-order valence-corrected chi connectivity index (χ4v) is 1.77. The molecule has 5 nitrogen and oxygen atoms in total. The molecular formula is C8H16NO4S-. The lowest BCUT2D eigenvalue weighted by molar-refractivity contribution is -0.108. The third kappa shape index (κ3) is 4.02. The highest BCUT2D eigenvalue weighted by atomic mass is 32.2. The van der Waals surface area contributed by atoms with E-state index in [1.807, 2.05) is 0 Å². The van der Waals surface area contributed by atoms with Crippen molar-refractivity contribution in [3.8, 4) is 0 Å². The fourth-order valence-electron chi connectivity index (χ4n) is 1.20. The minimum absolute atomic E-state index is 0.264. The van der Waals surface area contributed by atoms with Crippen LogP contribution in [0.3, 0.4) is 0 Å². The predicted octanol–water partition coefficient (Wildman–Crippen LogP) is 0.111. The lowest BCUT2D eigenvalue weighted by Gasteiger charge is -2.27. The molecule has 1 aliphatic carbocycles. The molecule has 1 rings (SSSR count). The number of nitrogens with zero attached hydrogens (tertiary/aromatic N) is 1. The summed E-state index contributed by atoms with van der Waals surface area (Å²) in [5.74, 6) is 0.530. The van der Waals surface area contributed by atoms with Crippen LogP contribution in [0.5, 0.6) is 0 Å². The molecule has 0 amide bonds. The van der Waals surface area contributed by atoms with Gasteiger partial charge in [-0.2, -0.15) is 0 Å². The average Bonchev–Trinajstić information content (AvgIpc) is 2.95. The summed E-state index contributed by atoms with van der Waals surface area (Å²) in [7, 11) is 2.99. The first-order valence-corrected chi connectivity index (χ1v) is 5.60. The van der Waals surface area contributed by atoms with Crippen LogP contribution in [0.15, 0.2) is 0 Å². The lowest BCUT2D eigenvalue weighted by Crippen LogP contribution is -2.37. The van der Waals surface area contributed by atoms with Gasteiger partial charge in [0, 0.05) is 32.0 Å². The van der Waals surface area contributed by atoms with Gasteiger partial charge in [-0.05, 0) is 18.8 Å². The number of methoxy groups -OCH3 is 2. The Balaban J connectivity index is 2.36. The van der Waals surface area contributed by atoms with Crippen molar-refractivity contribution >= 4 is 11.3 Å². The van der Waals surface area contributed by atoms with Gasteiger partial charge in [0.25, 0.3) is 0 Å². The van der Waals surface area contributed by atoms with Crippen LogP contribution in [0.25, 0.3) is 0 Å². The molecule has 1 unspecified atom stereocenters. The van der Waals surface area contributed by atoms with Crippen LogP contribution in [-0.2, 0) is 20.7 Å². The topological polar surface area (TPSA) is 61.8 Å². The van der Waals surface area contributed by atoms with Crippen molar-refractivity contribution in [2.45, 2.75) is 19.1 Å². The number of ether oxygens (including phenoxy) is 2. The van der Waals surface area contributed by atoms with E-state index in [0.717, 1.165) is 12.8 Å². The van der Waals surface area contributed by atoms with Crippen LogP contribution in [0.2, 0.25) is 0 Å². The molecule has 0 saturated heterocycles. The Kier molecular flexibility index (Phi) is 4.97. The van der Waals surface area contributed by atoms with Crippen LogP contribution in [0.4, 0.5) is 0 Å². The highest BCUT2D eigenvalue weighted by Crippen LogP contribution is 2.30. The molecule has 14 heavy (non-hydrogen) atoms. The molecule has 1 saturated carbocycles. The zero-order chi connectivity index (χ0) is 10.6. The minimum atomic E-state index is -2.18. The normalized spacial score (nSPS) is 19.2. The molecule has 1 atom stereocenters. The quantitative estimate of drug-likeness (QED) is 0.453. The Morgan fingerprint density at radius 1 is 1.50 bits per heavy atom. The van der Waals surface area contributed by atoms with Gasteiger partial charge in [-0.25, -0.2) is 4.31 Å². The molecule has 0 aromatic heterocycles. The molecule has 6 heteroatoms. The van der Waals surface area contributed by atoms with E-state index in [9.17, 15) is 8.76 Å². The summed E-state index contributed by atoms with van der Waals surface area (Å²) in [5.41, 5.74) is 0. The minimum Gasteiger partial charge on any atom is -0.760 e. The molecule has 0 aromatic carbocycles. The molecule has 0 aromatic rings. The third-order valence-corrected chi connectivity index (χ3v) is 2.97. The zero-order valence-corrected chi connectivity index (χ0v) is 9.29. The number of hydrogen-bond acceptors (Lipinski definition) is 4. The summed E-state index contributed by atoms with van der Waals surface area (Å²) in [4.78, 5) is 0. The second-order valence-electron chi connectivity index (χ2n) is 3.41. The monoisotopic (exact) mass is 222 g/mol. The maximum absolute atomic E-state index is 10.8. The van der Waals surface area contributed by atoms with E-state index in [1.165, 1.54) is 18.5 Å². The second kappa shape index (κ2) is 5.77. The molecule has 0 spiro atoms. The van der Waals surface area contributed by atoms with Gasteiger partial charge in [-0.15, -0.1) is 0 Å². The highest BCUT2D eigenvalue weighted by molar-refractivity contribution is 7.76. The molecule has 84 valence electrons. The largest absolute Gasteiger partial charge is 0.760 e. The van der Waals surface area contributed by atoms with E-state index in [0.29, 0.717) is 12.5 Å². The summed E-state index contributed by atoms with van der Waals surface area (Å²) < 4.78 is 32.9. The van der Waals surface area contributed by atoms with E-state index in [2.05, 4.69) is 0 Å². The summed E-state index contributed by atoms with van der Waals surface area (Å²) in [5, 5.41) is 0. The lowest BCUT2D eigenvalue weighted by atomic mass is 10.4. The SMILES string of the molecule is COC(CN(CC1CC1)S(=O)[O-])OC. The van der Waals surface area contributed by atoms with E-state index >= 15 is 0 Å². The first-order valence-electron chi connectivity index (χ1n) is 4.57. The summed E-state index contributed by atoms with van der Waals surface area (Å²) in [6.45, 7) is 0.846. The van der Waals surface area contributed by atoms with Gasteiger partial charge >= 0.3 is 0 Å². The van der Waals surface area contributed by atoms with Crippen molar-refractivity contribution in [1.29, 1.82) is 0 Å². The summed E-state index contributed by atoms with van der Waals surface area (Å²) in [6.07, 6.45) is 1.77. The van der Waals surface area contributed by atoms with Gasteiger partial charge in [0.05, 0.1) is 6.54 Å². The summed E-state index contributed by atoms with van der Waals surface area (Å²) >= 11 is -2.18. The van der Waals surface area contributed by atoms with Crippen LogP contribution >= 0.6 is 0 Å². The summed E-state index contributed by atoms with van der Waals surface area (Å²) in [6, 6.07) is 0. The molecule has 0 N–H and O–H groups in total. The number of hydrogen-bond donors (Lipinski definition) is 0. The van der Waals surface area contributed by atoms with Crippen molar-refractivity contribution in [2.24, 2.45) is 5.92 Å². The van der Waals surface area contributed by atoms with Gasteiger partial charge in [0.2, 0.25) is 0 Å². The van der Waals surface area contributed by atoms with E-state index in [4.69, 9.17) is 9.47 Å². The standard InChI is InChI=1S/C8H17NO4S/c1-12-8(13-2)6-9(14(10)11)5-7-3-4-7/h7-8H,3-6H2,1-2H3,(H,10,11)/p-1. The highest BCUT2D eigenvalue weighted by Gasteiger charge is 2.26. The van der Waals surface area contributed by atoms with Gasteiger partial charge in [0.15, 0.2) is 6.29 Å². The van der Waals surface area contributed by atoms with Crippen LogP contribution in [-0.4, -0.2) is 46.7 Å². The first-order chi connectivity index (χ1) is 6.67.